The molecule has 1 aromatic rings. The van der Waals surface area contributed by atoms with Crippen LogP contribution in [0.25, 0.3) is 0 Å². The Balaban J connectivity index is 1.87. The molecule has 2 heterocycles. The van der Waals surface area contributed by atoms with Crippen molar-refractivity contribution in [2.45, 2.75) is 64.0 Å². The van der Waals surface area contributed by atoms with E-state index in [4.69, 9.17) is 4.98 Å². The number of hydrogen-bond acceptors (Lipinski definition) is 4. The number of nitrogens with one attached hydrogen (secondary N) is 1. The van der Waals surface area contributed by atoms with E-state index in [1.54, 1.807) is 0 Å². The van der Waals surface area contributed by atoms with E-state index < -0.39 is 0 Å². The van der Waals surface area contributed by atoms with E-state index in [1.807, 2.05) is 11.3 Å². The van der Waals surface area contributed by atoms with Crippen LogP contribution in [0.1, 0.15) is 63.2 Å². The van der Waals surface area contributed by atoms with Crippen LogP contribution < -0.4 is 5.32 Å². The number of thiazole rings is 1. The molecule has 0 bridgehead atoms. The van der Waals surface area contributed by atoms with Crippen LogP contribution >= 0.6 is 11.3 Å². The molecule has 1 saturated carbocycles. The molecule has 2 unspecified atom stereocenters. The Morgan fingerprint density at radius 2 is 2.10 bits per heavy atom. The van der Waals surface area contributed by atoms with Gasteiger partial charge in [-0.25, -0.2) is 4.98 Å². The fourth-order valence-corrected chi connectivity index (χ4v) is 4.51. The second-order valence-electron chi connectivity index (χ2n) is 7.70. The molecule has 118 valence electrons. The predicted octanol–water partition coefficient (Wildman–Crippen LogP) is 3.58. The Hall–Kier alpha value is -0.450. The van der Waals surface area contributed by atoms with E-state index in [2.05, 4.69) is 43.4 Å². The zero-order valence-corrected chi connectivity index (χ0v) is 14.7. The van der Waals surface area contributed by atoms with Crippen molar-refractivity contribution in [1.82, 2.24) is 15.2 Å². The molecule has 0 aromatic carbocycles. The van der Waals surface area contributed by atoms with Gasteiger partial charge in [-0.3, -0.25) is 4.90 Å². The fraction of sp³-hybridized carbons (Fsp3) is 0.824. The average molecular weight is 308 g/mol. The molecule has 4 heteroatoms. The topological polar surface area (TPSA) is 28.2 Å². The van der Waals surface area contributed by atoms with Crippen LogP contribution in [0.5, 0.6) is 0 Å². The minimum atomic E-state index is 0.167. The van der Waals surface area contributed by atoms with Gasteiger partial charge in [-0.2, -0.15) is 0 Å². The normalized spacial score (nSPS) is 28.0. The van der Waals surface area contributed by atoms with Crippen LogP contribution in [0, 0.1) is 5.92 Å². The summed E-state index contributed by atoms with van der Waals surface area (Å²) in [4.78, 5) is 7.80. The number of piperidine rings is 1. The molecule has 3 nitrogen and oxygen atoms in total. The molecular weight excluding hydrogens is 278 g/mol. The van der Waals surface area contributed by atoms with Crippen molar-refractivity contribution in [3.63, 3.8) is 0 Å². The average Bonchev–Trinajstić information content (AvgIpc) is 3.15. The number of aromatic nitrogens is 1. The first-order chi connectivity index (χ1) is 10.0. The molecule has 2 atom stereocenters. The molecule has 1 aliphatic heterocycles. The summed E-state index contributed by atoms with van der Waals surface area (Å²) in [6.07, 6.45) is 5.45. The minimum Gasteiger partial charge on any atom is -0.319 e. The summed E-state index contributed by atoms with van der Waals surface area (Å²) in [5, 5.41) is 7.01. The summed E-state index contributed by atoms with van der Waals surface area (Å²) < 4.78 is 0. The van der Waals surface area contributed by atoms with Gasteiger partial charge >= 0.3 is 0 Å². The van der Waals surface area contributed by atoms with Gasteiger partial charge in [0, 0.05) is 16.8 Å². The van der Waals surface area contributed by atoms with Gasteiger partial charge in [0.05, 0.1) is 16.7 Å². The minimum absolute atomic E-state index is 0.167. The van der Waals surface area contributed by atoms with Crippen molar-refractivity contribution in [1.29, 1.82) is 0 Å². The second-order valence-corrected chi connectivity index (χ2v) is 8.56. The molecular formula is C17H29N3S. The maximum atomic E-state index is 5.05. The van der Waals surface area contributed by atoms with Gasteiger partial charge in [-0.15, -0.1) is 11.3 Å². The van der Waals surface area contributed by atoms with Crippen molar-refractivity contribution < 1.29 is 0 Å². The Morgan fingerprint density at radius 3 is 2.67 bits per heavy atom. The fourth-order valence-electron chi connectivity index (χ4n) is 3.57. The van der Waals surface area contributed by atoms with E-state index in [-0.39, 0.29) is 5.41 Å². The highest BCUT2D eigenvalue weighted by Crippen LogP contribution is 2.43. The Kier molecular flexibility index (Phi) is 4.40. The highest BCUT2D eigenvalue weighted by molar-refractivity contribution is 7.09. The molecule has 1 aliphatic carbocycles. The molecule has 1 saturated heterocycles. The first-order valence-corrected chi connectivity index (χ1v) is 9.25. The number of rotatable bonds is 4. The van der Waals surface area contributed by atoms with Crippen molar-refractivity contribution in [2.75, 3.05) is 20.1 Å². The largest absolute Gasteiger partial charge is 0.319 e. The van der Waals surface area contributed by atoms with Gasteiger partial charge in [0.25, 0.3) is 0 Å². The maximum Gasteiger partial charge on any atom is 0.0982 e. The molecule has 1 N–H and O–H groups in total. The van der Waals surface area contributed by atoms with Crippen molar-refractivity contribution in [3.8, 4) is 0 Å². The van der Waals surface area contributed by atoms with Gasteiger partial charge in [-0.1, -0.05) is 20.8 Å². The van der Waals surface area contributed by atoms with Crippen molar-refractivity contribution in [3.05, 3.63) is 16.1 Å². The van der Waals surface area contributed by atoms with Crippen molar-refractivity contribution in [2.24, 2.45) is 5.92 Å². The highest BCUT2D eigenvalue weighted by Gasteiger charge is 2.41. The predicted molar refractivity (Wildman–Crippen MR) is 89.9 cm³/mol. The van der Waals surface area contributed by atoms with Gasteiger partial charge in [0.2, 0.25) is 0 Å². The van der Waals surface area contributed by atoms with Crippen LogP contribution in [-0.2, 0) is 5.41 Å². The lowest BCUT2D eigenvalue weighted by atomic mass is 9.87. The molecule has 2 fully saturated rings. The van der Waals surface area contributed by atoms with E-state index in [0.717, 1.165) is 12.6 Å². The molecule has 3 rings (SSSR count). The number of nitrogens with zero attached hydrogens (tertiary/aromatic N) is 2. The van der Waals surface area contributed by atoms with Gasteiger partial charge in [0.1, 0.15) is 0 Å². The molecule has 21 heavy (non-hydrogen) atoms. The first-order valence-electron chi connectivity index (χ1n) is 8.37. The lowest BCUT2D eigenvalue weighted by Crippen LogP contribution is -2.43. The zero-order chi connectivity index (χ0) is 15.0. The third-order valence-corrected chi connectivity index (χ3v) is 6.03. The van der Waals surface area contributed by atoms with Crippen LogP contribution in [0.15, 0.2) is 5.38 Å². The quantitative estimate of drug-likeness (QED) is 0.921. The van der Waals surface area contributed by atoms with Crippen LogP contribution in [-0.4, -0.2) is 36.1 Å². The van der Waals surface area contributed by atoms with Crippen LogP contribution in [0.2, 0.25) is 0 Å². The molecule has 1 aromatic heterocycles. The lowest BCUT2D eigenvalue weighted by molar-refractivity contribution is 0.0818. The SMILES string of the molecule is CNCC1CCCN(C2CC2)C1c1csc(C(C)(C)C)n1. The third kappa shape index (κ3) is 3.33. The van der Waals surface area contributed by atoms with Gasteiger partial charge in [0.15, 0.2) is 0 Å². The summed E-state index contributed by atoms with van der Waals surface area (Å²) in [5.74, 6) is 0.708. The second kappa shape index (κ2) is 5.98. The van der Waals surface area contributed by atoms with Crippen LogP contribution in [0.3, 0.4) is 0 Å². The summed E-state index contributed by atoms with van der Waals surface area (Å²) in [6.45, 7) is 9.16. The highest BCUT2D eigenvalue weighted by atomic mass is 32.1. The van der Waals surface area contributed by atoms with E-state index in [0.29, 0.717) is 12.0 Å². The maximum absolute atomic E-state index is 5.05. The Morgan fingerprint density at radius 1 is 1.33 bits per heavy atom. The summed E-state index contributed by atoms with van der Waals surface area (Å²) >= 11 is 1.85. The van der Waals surface area contributed by atoms with E-state index >= 15 is 0 Å². The van der Waals surface area contributed by atoms with E-state index in [1.165, 1.54) is 42.9 Å². The molecule has 0 spiro atoms. The van der Waals surface area contributed by atoms with Crippen molar-refractivity contribution >= 4 is 11.3 Å². The standard InChI is InChI=1S/C17H29N3S/c1-17(2,3)16-19-14(11-21-16)15-12(10-18-4)6-5-9-20(15)13-7-8-13/h11-13,15,18H,5-10H2,1-4H3. The summed E-state index contributed by atoms with van der Waals surface area (Å²) in [6, 6.07) is 1.36. The van der Waals surface area contributed by atoms with Gasteiger partial charge in [-0.05, 0) is 51.7 Å². The van der Waals surface area contributed by atoms with Crippen LogP contribution in [0.4, 0.5) is 0 Å². The summed E-state index contributed by atoms with van der Waals surface area (Å²) in [7, 11) is 2.08. The third-order valence-electron chi connectivity index (χ3n) is 4.74. The smallest absolute Gasteiger partial charge is 0.0982 e. The number of likely N-dealkylation sites (tertiary alicyclic amines) is 1. The monoisotopic (exact) mass is 307 g/mol. The van der Waals surface area contributed by atoms with E-state index in [9.17, 15) is 0 Å². The lowest BCUT2D eigenvalue weighted by Gasteiger charge is -2.41. The molecule has 0 amide bonds. The zero-order valence-electron chi connectivity index (χ0n) is 13.9. The number of hydrogen-bond donors (Lipinski definition) is 1. The molecule has 2 aliphatic rings. The van der Waals surface area contributed by atoms with Gasteiger partial charge < -0.3 is 5.32 Å². The Bertz CT molecular complexity index is 471. The summed E-state index contributed by atoms with van der Waals surface area (Å²) in [5.41, 5.74) is 1.50. The first kappa shape index (κ1) is 15.4. The molecule has 0 radical (unpaired) electrons. The Labute approximate surface area is 133 Å².